The van der Waals surface area contributed by atoms with Gasteiger partial charge in [-0.1, -0.05) is 48.0 Å². The number of carbonyl (C=O) groups excluding carboxylic acids is 1. The highest BCUT2D eigenvalue weighted by Gasteiger charge is 2.49. The van der Waals surface area contributed by atoms with Crippen LogP contribution in [0.4, 0.5) is 19.0 Å². The third-order valence-electron chi connectivity index (χ3n) is 10.6. The van der Waals surface area contributed by atoms with Crippen LogP contribution < -0.4 is 9.64 Å². The Labute approximate surface area is 308 Å². The first-order valence-electron chi connectivity index (χ1n) is 17.5. The number of anilines is 1. The fourth-order valence-electron chi connectivity index (χ4n) is 8.10. The summed E-state index contributed by atoms with van der Waals surface area (Å²) >= 11 is 6.64. The third-order valence-corrected chi connectivity index (χ3v) is 10.9. The maximum absolute atomic E-state index is 17.0. The van der Waals surface area contributed by atoms with E-state index in [4.69, 9.17) is 21.3 Å². The molecule has 53 heavy (non-hydrogen) atoms. The number of benzene rings is 3. The summed E-state index contributed by atoms with van der Waals surface area (Å²) in [6.45, 7) is 1.59. The van der Waals surface area contributed by atoms with Crippen LogP contribution in [0, 0.1) is 17.1 Å². The van der Waals surface area contributed by atoms with Crippen molar-refractivity contribution < 1.29 is 22.7 Å². The lowest BCUT2D eigenvalue weighted by atomic mass is 9.95. The van der Waals surface area contributed by atoms with Crippen molar-refractivity contribution in [2.24, 2.45) is 0 Å². The second-order valence-electron chi connectivity index (χ2n) is 13.7. The van der Waals surface area contributed by atoms with Gasteiger partial charge in [0.15, 0.2) is 17.5 Å². The molecule has 0 saturated carbocycles. The summed E-state index contributed by atoms with van der Waals surface area (Å²) in [7, 11) is 0. The highest BCUT2D eigenvalue weighted by molar-refractivity contribution is 6.36. The quantitative estimate of drug-likeness (QED) is 0.157. The molecule has 0 spiro atoms. The Bertz CT molecular complexity index is 2280. The number of amides is 1. The van der Waals surface area contributed by atoms with Crippen LogP contribution >= 0.6 is 11.6 Å². The lowest BCUT2D eigenvalue weighted by Crippen LogP contribution is -2.55. The Morgan fingerprint density at radius 2 is 1.85 bits per heavy atom. The number of fused-ring (bicyclic) bond motifs is 3. The molecular formula is C39H34ClF3N8O2. The maximum atomic E-state index is 17.0. The number of hydrogen-bond acceptors (Lipinski definition) is 9. The average molecular weight is 739 g/mol. The molecule has 3 atom stereocenters. The largest absolute Gasteiger partial charge is 0.461 e. The van der Waals surface area contributed by atoms with Gasteiger partial charge in [-0.15, -0.1) is 0 Å². The van der Waals surface area contributed by atoms with Crippen molar-refractivity contribution in [1.29, 1.82) is 5.26 Å². The van der Waals surface area contributed by atoms with E-state index in [1.807, 2.05) is 29.2 Å². The summed E-state index contributed by atoms with van der Waals surface area (Å²) in [6.07, 6.45) is 4.81. The van der Waals surface area contributed by atoms with Crippen molar-refractivity contribution in [2.75, 3.05) is 44.2 Å². The molecule has 10 nitrogen and oxygen atoms in total. The number of nitrogens with zero attached hydrogens (tertiary/aromatic N) is 8. The Hall–Kier alpha value is -5.32. The van der Waals surface area contributed by atoms with Gasteiger partial charge in [0.25, 0.3) is 5.91 Å². The smallest absolute Gasteiger partial charge is 0.319 e. The summed E-state index contributed by atoms with van der Waals surface area (Å²) < 4.78 is 53.0. The summed E-state index contributed by atoms with van der Waals surface area (Å²) in [5.41, 5.74) is 0.387. The molecule has 3 fully saturated rings. The minimum atomic E-state index is -1.05. The predicted octanol–water partition coefficient (Wildman–Crippen LogP) is 6.93. The zero-order valence-electron chi connectivity index (χ0n) is 28.6. The van der Waals surface area contributed by atoms with Gasteiger partial charge in [0.2, 0.25) is 0 Å². The molecule has 3 aliphatic rings. The second-order valence-corrected chi connectivity index (χ2v) is 14.1. The van der Waals surface area contributed by atoms with Crippen molar-refractivity contribution >= 4 is 51.1 Å². The average Bonchev–Trinajstić information content (AvgIpc) is 3.70. The molecule has 5 aromatic rings. The van der Waals surface area contributed by atoms with Crippen molar-refractivity contribution in [3.63, 3.8) is 0 Å². The van der Waals surface area contributed by atoms with E-state index >= 15 is 8.78 Å². The zero-order chi connectivity index (χ0) is 36.7. The van der Waals surface area contributed by atoms with Crippen LogP contribution in [-0.4, -0.2) is 92.7 Å². The Morgan fingerprint density at radius 1 is 1.04 bits per heavy atom. The van der Waals surface area contributed by atoms with Gasteiger partial charge >= 0.3 is 6.01 Å². The van der Waals surface area contributed by atoms with Crippen LogP contribution in [0.3, 0.4) is 0 Å². The summed E-state index contributed by atoms with van der Waals surface area (Å²) in [5.74, 6) is -2.17. The third kappa shape index (κ3) is 6.51. The van der Waals surface area contributed by atoms with E-state index in [2.05, 4.69) is 25.9 Å². The van der Waals surface area contributed by atoms with E-state index in [-0.39, 0.29) is 55.6 Å². The molecule has 3 saturated heterocycles. The van der Waals surface area contributed by atoms with Crippen LogP contribution in [0.15, 0.2) is 72.8 Å². The normalized spacial score (nSPS) is 22.0. The van der Waals surface area contributed by atoms with Crippen LogP contribution in [0.1, 0.15) is 31.5 Å². The van der Waals surface area contributed by atoms with Crippen LogP contribution in [-0.2, 0) is 4.79 Å². The molecule has 3 aliphatic heterocycles. The number of aromatic nitrogens is 4. The predicted molar refractivity (Wildman–Crippen MR) is 195 cm³/mol. The molecule has 1 amide bonds. The minimum Gasteiger partial charge on any atom is -0.461 e. The van der Waals surface area contributed by atoms with E-state index < -0.39 is 35.3 Å². The van der Waals surface area contributed by atoms with Crippen LogP contribution in [0.5, 0.6) is 6.01 Å². The van der Waals surface area contributed by atoms with E-state index in [1.165, 1.54) is 17.3 Å². The van der Waals surface area contributed by atoms with Crippen molar-refractivity contribution in [2.45, 2.75) is 43.4 Å². The molecule has 270 valence electrons. The van der Waals surface area contributed by atoms with Gasteiger partial charge in [0.1, 0.15) is 24.1 Å². The SMILES string of the molecule is N#CC[C@H]1CN(c2nc(OC[C@@]34CCCN3C[C@H](F)C4)nc3c(F)c(-c4cccc5cccc(Cl)c45)ccc23)CCN1C(=O)/C(F)=C/c1ncccn1. The first-order chi connectivity index (χ1) is 25.7. The van der Waals surface area contributed by atoms with Crippen molar-refractivity contribution in [3.05, 3.63) is 89.5 Å². The molecular weight excluding hydrogens is 705 g/mol. The number of ether oxygens (including phenoxy) is 1. The molecule has 14 heteroatoms. The van der Waals surface area contributed by atoms with E-state index in [1.54, 1.807) is 30.3 Å². The van der Waals surface area contributed by atoms with Gasteiger partial charge in [-0.3, -0.25) is 9.69 Å². The monoisotopic (exact) mass is 738 g/mol. The van der Waals surface area contributed by atoms with Gasteiger partial charge in [-0.05, 0) is 48.5 Å². The van der Waals surface area contributed by atoms with Gasteiger partial charge < -0.3 is 14.5 Å². The maximum Gasteiger partial charge on any atom is 0.319 e. The topological polar surface area (TPSA) is 111 Å². The number of hydrogen-bond donors (Lipinski definition) is 0. The Balaban J connectivity index is 1.18. The van der Waals surface area contributed by atoms with E-state index in [0.717, 1.165) is 30.8 Å². The molecule has 0 N–H and O–H groups in total. The van der Waals surface area contributed by atoms with Gasteiger partial charge in [0.05, 0.1) is 24.1 Å². The first-order valence-corrected chi connectivity index (χ1v) is 17.9. The first kappa shape index (κ1) is 34.7. The van der Waals surface area contributed by atoms with Crippen LogP contribution in [0.2, 0.25) is 5.02 Å². The van der Waals surface area contributed by atoms with E-state index in [0.29, 0.717) is 40.1 Å². The number of alkyl halides is 1. The fourth-order valence-corrected chi connectivity index (χ4v) is 8.38. The molecule has 5 heterocycles. The van der Waals surface area contributed by atoms with Gasteiger partial charge in [-0.25, -0.2) is 23.1 Å². The molecule has 3 aromatic carbocycles. The van der Waals surface area contributed by atoms with Gasteiger partial charge in [-0.2, -0.15) is 15.2 Å². The zero-order valence-corrected chi connectivity index (χ0v) is 29.3. The number of rotatable bonds is 8. The highest BCUT2D eigenvalue weighted by atomic mass is 35.5. The number of carbonyl (C=O) groups is 1. The number of piperazine rings is 1. The molecule has 0 unspecified atom stereocenters. The van der Waals surface area contributed by atoms with Crippen molar-refractivity contribution in [3.8, 4) is 23.2 Å². The second kappa shape index (κ2) is 14.2. The van der Waals surface area contributed by atoms with Gasteiger partial charge in [0, 0.05) is 72.4 Å². The van der Waals surface area contributed by atoms with E-state index in [9.17, 15) is 14.4 Å². The number of halogens is 4. The summed E-state index contributed by atoms with van der Waals surface area (Å²) in [5, 5.41) is 12.1. The minimum absolute atomic E-state index is 0.00861. The standard InChI is InChI=1S/C39H34ClF3N8O2/c40-30-8-2-6-24-5-1-7-27(33(24)30)28-9-10-29-35(34(28)43)47-38(53-23-39-12-3-16-50(39)21-25(41)20-39)48-36(29)49-17-18-51(26(22-49)11-13-44)37(52)31(42)19-32-45-14-4-15-46-32/h1-2,4-10,14-15,19,25-26H,3,11-12,16-18,20-23H2/b31-19-/t25-,26+,39+/m1/s1. The molecule has 0 radical (unpaired) electrons. The lowest BCUT2D eigenvalue weighted by Gasteiger charge is -2.41. The number of nitriles is 1. The van der Waals surface area contributed by atoms with Crippen molar-refractivity contribution in [1.82, 2.24) is 29.7 Å². The summed E-state index contributed by atoms with van der Waals surface area (Å²) in [6, 6.07) is 17.4. The molecule has 0 bridgehead atoms. The van der Waals surface area contributed by atoms with Crippen LogP contribution in [0.25, 0.3) is 38.9 Å². The molecule has 8 rings (SSSR count). The Morgan fingerprint density at radius 3 is 2.66 bits per heavy atom. The molecule has 0 aliphatic carbocycles. The highest BCUT2D eigenvalue weighted by Crippen LogP contribution is 2.42. The lowest BCUT2D eigenvalue weighted by molar-refractivity contribution is -0.131. The summed E-state index contributed by atoms with van der Waals surface area (Å²) in [4.78, 5) is 35.9. The molecule has 2 aromatic heterocycles. The fraction of sp³-hybridized carbons (Fsp3) is 0.333. The Kier molecular flexibility index (Phi) is 9.34.